The Morgan fingerprint density at radius 1 is 0.702 bits per heavy atom. The molecule has 47 heavy (non-hydrogen) atoms. The first-order valence-corrected chi connectivity index (χ1v) is 15.8. The van der Waals surface area contributed by atoms with E-state index in [0.29, 0.717) is 26.9 Å². The van der Waals surface area contributed by atoms with Gasteiger partial charge in [0.05, 0.1) is 65.7 Å². The van der Waals surface area contributed by atoms with Crippen molar-refractivity contribution in [1.29, 1.82) is 0 Å². The summed E-state index contributed by atoms with van der Waals surface area (Å²) in [5, 5.41) is 1.82. The number of anilines is 1. The fraction of sp³-hybridized carbons (Fsp3) is 0.593. The molecule has 0 spiro atoms. The lowest BCUT2D eigenvalue weighted by molar-refractivity contribution is -0.146. The van der Waals surface area contributed by atoms with Crippen LogP contribution in [-0.2, 0) is 57.6 Å². The maximum absolute atomic E-state index is 12.7. The van der Waals surface area contributed by atoms with Gasteiger partial charge in [-0.1, -0.05) is 0 Å². The number of rotatable bonds is 24. The maximum atomic E-state index is 12.7. The van der Waals surface area contributed by atoms with E-state index >= 15 is 0 Å². The summed E-state index contributed by atoms with van der Waals surface area (Å²) >= 11 is 5.13. The van der Waals surface area contributed by atoms with Crippen molar-refractivity contribution in [3.8, 4) is 0 Å². The van der Waals surface area contributed by atoms with Crippen LogP contribution in [0.5, 0.6) is 0 Å². The molecule has 0 aliphatic carbocycles. The number of sulfonamides is 1. The van der Waals surface area contributed by atoms with Gasteiger partial charge in [0.2, 0.25) is 11.1 Å². The Morgan fingerprint density at radius 3 is 1.51 bits per heavy atom. The fourth-order valence-corrected chi connectivity index (χ4v) is 3.85. The number of nitrogens with one attached hydrogen (secondary N) is 1. The van der Waals surface area contributed by atoms with Gasteiger partial charge in [0.15, 0.2) is 0 Å². The van der Waals surface area contributed by atoms with Crippen LogP contribution in [0.15, 0.2) is 24.3 Å². The minimum Gasteiger partial charge on any atom is -0.463 e. The number of amides is 2. The van der Waals surface area contributed by atoms with Crippen LogP contribution in [0.25, 0.3) is 0 Å². The zero-order valence-corrected chi connectivity index (χ0v) is 27.0. The number of hydrogen-bond acceptors (Lipinski definition) is 13. The van der Waals surface area contributed by atoms with Crippen molar-refractivity contribution in [1.82, 2.24) is 4.31 Å². The number of alkyl halides is 3. The molecule has 2 amide bonds. The largest absolute Gasteiger partial charge is 0.516 e. The summed E-state index contributed by atoms with van der Waals surface area (Å²) in [6, 6.07) is 4.45. The van der Waals surface area contributed by atoms with E-state index in [2.05, 4.69) is 5.32 Å². The van der Waals surface area contributed by atoms with Crippen LogP contribution in [0.3, 0.4) is 0 Å². The number of ether oxygens (including phenoxy) is 6. The second-order valence-electron chi connectivity index (χ2n) is 9.09. The molecule has 0 fully saturated rings. The van der Waals surface area contributed by atoms with Crippen molar-refractivity contribution in [2.45, 2.75) is 31.2 Å². The summed E-state index contributed by atoms with van der Waals surface area (Å²) in [6.45, 7) is 2.01. The molecule has 0 unspecified atom stereocenters. The van der Waals surface area contributed by atoms with E-state index in [9.17, 15) is 45.6 Å². The molecule has 15 nitrogen and oxygen atoms in total. The highest BCUT2D eigenvalue weighted by atomic mass is 35.5. The molecule has 0 radical (unpaired) electrons. The number of benzene rings is 1. The zero-order chi connectivity index (χ0) is 35.3. The van der Waals surface area contributed by atoms with Crippen molar-refractivity contribution >= 4 is 56.3 Å². The number of esters is 2. The summed E-state index contributed by atoms with van der Waals surface area (Å²) in [5.41, 5.74) is -5.85. The highest BCUT2D eigenvalue weighted by molar-refractivity contribution is 7.90. The Balaban J connectivity index is 2.04. The Hall–Kier alpha value is -3.36. The van der Waals surface area contributed by atoms with Crippen molar-refractivity contribution in [2.75, 3.05) is 78.4 Å². The van der Waals surface area contributed by atoms with Gasteiger partial charge >= 0.3 is 27.5 Å². The summed E-state index contributed by atoms with van der Waals surface area (Å²) in [7, 11) is -5.38. The average molecular weight is 721 g/mol. The molecule has 1 rings (SSSR count). The summed E-state index contributed by atoms with van der Waals surface area (Å²) in [4.78, 5) is 57.8. The Bertz CT molecular complexity index is 1270. The molecule has 0 heterocycles. The second kappa shape index (κ2) is 22.3. The van der Waals surface area contributed by atoms with Gasteiger partial charge in [-0.3, -0.25) is 24.0 Å². The summed E-state index contributed by atoms with van der Waals surface area (Å²) < 4.78 is 91.3. The van der Waals surface area contributed by atoms with Crippen molar-refractivity contribution < 1.29 is 74.0 Å². The molecule has 0 aromatic heterocycles. The quantitative estimate of drug-likeness (QED) is 0.0928. The van der Waals surface area contributed by atoms with E-state index in [0.717, 1.165) is 12.1 Å². The van der Waals surface area contributed by atoms with Crippen LogP contribution in [0.4, 0.5) is 18.9 Å². The van der Waals surface area contributed by atoms with Gasteiger partial charge in [-0.25, -0.2) is 4.31 Å². The highest BCUT2D eigenvalue weighted by Gasteiger charge is 2.50. The first-order chi connectivity index (χ1) is 22.1. The van der Waals surface area contributed by atoms with Gasteiger partial charge in [0.25, 0.3) is 5.91 Å². The molecule has 1 aromatic rings. The minimum atomic E-state index is -5.86. The third kappa shape index (κ3) is 17.9. The first kappa shape index (κ1) is 41.7. The Labute approximate surface area is 273 Å². The van der Waals surface area contributed by atoms with Crippen LogP contribution in [0.1, 0.15) is 36.0 Å². The molecule has 266 valence electrons. The predicted octanol–water partition coefficient (Wildman–Crippen LogP) is 2.03. The van der Waals surface area contributed by atoms with Crippen molar-refractivity contribution in [3.63, 3.8) is 0 Å². The van der Waals surface area contributed by atoms with E-state index in [-0.39, 0.29) is 83.2 Å². The molecule has 0 saturated carbocycles. The monoisotopic (exact) mass is 720 g/mol. The van der Waals surface area contributed by atoms with Crippen LogP contribution >= 0.6 is 11.6 Å². The molecule has 1 aromatic carbocycles. The lowest BCUT2D eigenvalue weighted by Crippen LogP contribution is -2.41. The molecular weight excluding hydrogens is 685 g/mol. The van der Waals surface area contributed by atoms with Gasteiger partial charge in [0, 0.05) is 31.1 Å². The molecule has 0 aliphatic heterocycles. The molecule has 0 atom stereocenters. The third-order valence-corrected chi connectivity index (χ3v) is 7.19. The average Bonchev–Trinajstić information content (AvgIpc) is 3.01. The summed E-state index contributed by atoms with van der Waals surface area (Å²) in [5.74, 6) is -3.19. The van der Waals surface area contributed by atoms with Crippen LogP contribution < -0.4 is 5.32 Å². The zero-order valence-electron chi connectivity index (χ0n) is 25.4. The van der Waals surface area contributed by atoms with E-state index < -0.39 is 48.8 Å². The lowest BCUT2D eigenvalue weighted by atomic mass is 10.2. The van der Waals surface area contributed by atoms with E-state index in [1.165, 1.54) is 12.1 Å². The Kier molecular flexibility index (Phi) is 19.7. The normalized spacial score (nSPS) is 11.5. The minimum absolute atomic E-state index is 0.0517. The first-order valence-electron chi connectivity index (χ1n) is 13.9. The smallest absolute Gasteiger partial charge is 0.463 e. The van der Waals surface area contributed by atoms with E-state index in [1.54, 1.807) is 0 Å². The van der Waals surface area contributed by atoms with E-state index in [1.807, 2.05) is 0 Å². The van der Waals surface area contributed by atoms with Crippen LogP contribution in [0, 0.1) is 0 Å². The van der Waals surface area contributed by atoms with Crippen molar-refractivity contribution in [2.24, 2.45) is 0 Å². The third-order valence-electron chi connectivity index (χ3n) is 5.53. The fourth-order valence-electron chi connectivity index (χ4n) is 3.12. The Morgan fingerprint density at radius 2 is 1.11 bits per heavy atom. The lowest BCUT2D eigenvalue weighted by Gasteiger charge is -2.19. The number of halogens is 4. The standard InChI is InChI=1S/C27H36ClF3N2O13S/c1-33(47(39,40)27(29,30)31)26(38)20-2-4-21(5-3-20)32-23(35)7-9-25(37)46-19-17-44-15-13-42-11-10-41-12-14-43-16-18-45-24(36)8-6-22(28)34/h2-5H,6-19H2,1H3,(H,32,35). The summed E-state index contributed by atoms with van der Waals surface area (Å²) in [6.07, 6.45) is -0.651. The SMILES string of the molecule is CN(C(=O)c1ccc(NC(=O)CCC(=O)OCCOCCOCCOCCOCCOC(=O)CCC(=O)Cl)cc1)S(=O)(=O)C(F)(F)F. The topological polar surface area (TPSA) is 190 Å². The number of carbonyl (C=O) groups excluding carboxylic acids is 5. The predicted molar refractivity (Wildman–Crippen MR) is 157 cm³/mol. The van der Waals surface area contributed by atoms with Gasteiger partial charge in [-0.15, -0.1) is 0 Å². The van der Waals surface area contributed by atoms with Gasteiger partial charge < -0.3 is 33.7 Å². The van der Waals surface area contributed by atoms with Crippen LogP contribution in [0.2, 0.25) is 0 Å². The second-order valence-corrected chi connectivity index (χ2v) is 11.5. The molecule has 0 aliphatic rings. The molecule has 0 saturated heterocycles. The number of nitrogens with zero attached hydrogens (tertiary/aromatic N) is 1. The van der Waals surface area contributed by atoms with Gasteiger partial charge in [-0.05, 0) is 35.9 Å². The maximum Gasteiger partial charge on any atom is 0.516 e. The number of carbonyl (C=O) groups is 5. The molecular formula is C27H36ClF3N2O13S. The van der Waals surface area contributed by atoms with E-state index in [4.69, 9.17) is 40.0 Å². The molecule has 1 N–H and O–H groups in total. The van der Waals surface area contributed by atoms with Crippen molar-refractivity contribution in [3.05, 3.63) is 29.8 Å². The van der Waals surface area contributed by atoms with Crippen LogP contribution in [-0.4, -0.2) is 120 Å². The molecule has 20 heteroatoms. The highest BCUT2D eigenvalue weighted by Crippen LogP contribution is 2.27. The molecule has 0 bridgehead atoms. The number of hydrogen-bond donors (Lipinski definition) is 1. The van der Waals surface area contributed by atoms with Gasteiger partial charge in [0.1, 0.15) is 13.2 Å². The van der Waals surface area contributed by atoms with Gasteiger partial charge in [-0.2, -0.15) is 21.6 Å².